The van der Waals surface area contributed by atoms with E-state index < -0.39 is 0 Å². The largest absolute Gasteiger partial charge is 0.459 e. The molecule has 2 aromatic carbocycles. The fraction of sp³-hybridized carbons (Fsp3) is 0.0909. The zero-order valence-electron chi connectivity index (χ0n) is 15.1. The Kier molecular flexibility index (Phi) is 4.93. The highest BCUT2D eigenvalue weighted by molar-refractivity contribution is 6.02. The molecule has 0 saturated heterocycles. The minimum Gasteiger partial charge on any atom is -0.459 e. The van der Waals surface area contributed by atoms with Crippen LogP contribution in [0.4, 0.5) is 5.69 Å². The van der Waals surface area contributed by atoms with Crippen LogP contribution in [0.25, 0.3) is 10.9 Å². The van der Waals surface area contributed by atoms with E-state index in [2.05, 4.69) is 21.7 Å². The summed E-state index contributed by atoms with van der Waals surface area (Å²) in [4.78, 5) is 27.5. The number of rotatable bonds is 6. The van der Waals surface area contributed by atoms with Gasteiger partial charge in [-0.25, -0.2) is 0 Å². The lowest BCUT2D eigenvalue weighted by Gasteiger charge is -2.07. The van der Waals surface area contributed by atoms with Gasteiger partial charge in [-0.05, 0) is 54.4 Å². The van der Waals surface area contributed by atoms with Gasteiger partial charge in [0.05, 0.1) is 6.26 Å². The van der Waals surface area contributed by atoms with E-state index in [0.29, 0.717) is 17.8 Å². The van der Waals surface area contributed by atoms with Crippen LogP contribution in [0.5, 0.6) is 0 Å². The molecule has 0 atom stereocenters. The molecular weight excluding hydrogens is 354 g/mol. The normalized spacial score (nSPS) is 10.7. The molecule has 4 aromatic rings. The Labute approximate surface area is 161 Å². The van der Waals surface area contributed by atoms with Crippen molar-refractivity contribution in [1.82, 2.24) is 10.3 Å². The SMILES string of the molecule is O=C(NCCc1c[nH]c2ccccc12)c1ccc(NC(=O)c2ccco2)cc1. The van der Waals surface area contributed by atoms with E-state index in [1.54, 1.807) is 36.4 Å². The molecule has 2 amide bonds. The number of hydrogen-bond donors (Lipinski definition) is 3. The number of para-hydroxylation sites is 1. The Hall–Kier alpha value is -3.80. The molecule has 6 nitrogen and oxygen atoms in total. The zero-order chi connectivity index (χ0) is 19.3. The average Bonchev–Trinajstić information content (AvgIpc) is 3.39. The van der Waals surface area contributed by atoms with Gasteiger partial charge >= 0.3 is 0 Å². The predicted octanol–water partition coefficient (Wildman–Crippen LogP) is 3.99. The van der Waals surface area contributed by atoms with Gasteiger partial charge in [0.25, 0.3) is 11.8 Å². The van der Waals surface area contributed by atoms with E-state index in [0.717, 1.165) is 11.9 Å². The third-order valence-corrected chi connectivity index (χ3v) is 4.50. The summed E-state index contributed by atoms with van der Waals surface area (Å²) >= 11 is 0. The molecule has 0 fully saturated rings. The number of hydrogen-bond acceptors (Lipinski definition) is 3. The Morgan fingerprint density at radius 3 is 2.54 bits per heavy atom. The van der Waals surface area contributed by atoms with Gasteiger partial charge < -0.3 is 20.0 Å². The van der Waals surface area contributed by atoms with Crippen molar-refractivity contribution < 1.29 is 14.0 Å². The van der Waals surface area contributed by atoms with E-state index in [9.17, 15) is 9.59 Å². The van der Waals surface area contributed by atoms with Crippen molar-refractivity contribution in [2.75, 3.05) is 11.9 Å². The van der Waals surface area contributed by atoms with Crippen LogP contribution in [-0.4, -0.2) is 23.3 Å². The van der Waals surface area contributed by atoms with Gasteiger partial charge in [0.2, 0.25) is 0 Å². The molecule has 2 heterocycles. The van der Waals surface area contributed by atoms with Crippen molar-refractivity contribution in [3.8, 4) is 0 Å². The van der Waals surface area contributed by atoms with Crippen LogP contribution in [0, 0.1) is 0 Å². The summed E-state index contributed by atoms with van der Waals surface area (Å²) < 4.78 is 5.05. The number of furan rings is 1. The minimum atomic E-state index is -0.332. The van der Waals surface area contributed by atoms with Gasteiger partial charge in [-0.15, -0.1) is 0 Å². The number of anilines is 1. The fourth-order valence-electron chi connectivity index (χ4n) is 3.06. The first-order valence-electron chi connectivity index (χ1n) is 8.99. The van der Waals surface area contributed by atoms with Crippen LogP contribution < -0.4 is 10.6 Å². The van der Waals surface area contributed by atoms with Crippen LogP contribution in [0.1, 0.15) is 26.5 Å². The lowest BCUT2D eigenvalue weighted by atomic mass is 10.1. The van der Waals surface area contributed by atoms with Gasteiger partial charge in [-0.2, -0.15) is 0 Å². The minimum absolute atomic E-state index is 0.149. The van der Waals surface area contributed by atoms with Crippen molar-refractivity contribution in [2.45, 2.75) is 6.42 Å². The molecule has 4 rings (SSSR count). The molecule has 0 unspecified atom stereocenters. The number of fused-ring (bicyclic) bond motifs is 1. The fourth-order valence-corrected chi connectivity index (χ4v) is 3.06. The molecule has 0 radical (unpaired) electrons. The Morgan fingerprint density at radius 2 is 1.75 bits per heavy atom. The second kappa shape index (κ2) is 7.84. The van der Waals surface area contributed by atoms with Crippen molar-refractivity contribution in [1.29, 1.82) is 0 Å². The molecule has 0 aliphatic carbocycles. The topological polar surface area (TPSA) is 87.1 Å². The summed E-state index contributed by atoms with van der Waals surface area (Å²) in [6, 6.07) is 18.1. The third kappa shape index (κ3) is 3.81. The van der Waals surface area contributed by atoms with Crippen LogP contribution in [0.2, 0.25) is 0 Å². The number of amides is 2. The summed E-state index contributed by atoms with van der Waals surface area (Å²) in [5.41, 5.74) is 3.40. The Balaban J connectivity index is 1.31. The third-order valence-electron chi connectivity index (χ3n) is 4.50. The van der Waals surface area contributed by atoms with E-state index in [4.69, 9.17) is 4.42 Å². The maximum absolute atomic E-state index is 12.3. The number of carbonyl (C=O) groups is 2. The molecule has 0 aliphatic rings. The second-order valence-corrected chi connectivity index (χ2v) is 6.37. The molecule has 0 aliphatic heterocycles. The zero-order valence-corrected chi connectivity index (χ0v) is 15.1. The Morgan fingerprint density at radius 1 is 0.929 bits per heavy atom. The standard InChI is InChI=1S/C22H19N3O3/c26-21(23-12-11-16-14-24-19-5-2-1-4-18(16)19)15-7-9-17(10-8-15)25-22(27)20-6-3-13-28-20/h1-10,13-14,24H,11-12H2,(H,23,26)(H,25,27). The molecular formula is C22H19N3O3. The van der Waals surface area contributed by atoms with Crippen LogP contribution in [0.3, 0.4) is 0 Å². The van der Waals surface area contributed by atoms with Crippen LogP contribution >= 0.6 is 0 Å². The van der Waals surface area contributed by atoms with Crippen LogP contribution in [-0.2, 0) is 6.42 Å². The summed E-state index contributed by atoms with van der Waals surface area (Å²) in [5.74, 6) is -0.246. The van der Waals surface area contributed by atoms with E-state index in [1.165, 1.54) is 17.2 Å². The highest BCUT2D eigenvalue weighted by Crippen LogP contribution is 2.18. The van der Waals surface area contributed by atoms with Gasteiger partial charge in [0.15, 0.2) is 5.76 Å². The van der Waals surface area contributed by atoms with Crippen molar-refractivity contribution in [3.05, 3.63) is 90.0 Å². The maximum Gasteiger partial charge on any atom is 0.291 e. The molecule has 2 aromatic heterocycles. The van der Waals surface area contributed by atoms with Crippen LogP contribution in [0.15, 0.2) is 77.5 Å². The number of H-pyrrole nitrogens is 1. The van der Waals surface area contributed by atoms with E-state index in [1.807, 2.05) is 24.4 Å². The van der Waals surface area contributed by atoms with E-state index >= 15 is 0 Å². The first kappa shape index (κ1) is 17.6. The summed E-state index contributed by atoms with van der Waals surface area (Å²) in [6.07, 6.45) is 4.17. The first-order valence-corrected chi connectivity index (χ1v) is 8.99. The lowest BCUT2D eigenvalue weighted by Crippen LogP contribution is -2.25. The summed E-state index contributed by atoms with van der Waals surface area (Å²) in [7, 11) is 0. The molecule has 0 bridgehead atoms. The van der Waals surface area contributed by atoms with Crippen molar-refractivity contribution >= 4 is 28.4 Å². The molecule has 28 heavy (non-hydrogen) atoms. The number of nitrogens with one attached hydrogen (secondary N) is 3. The monoisotopic (exact) mass is 373 g/mol. The first-order chi connectivity index (χ1) is 13.7. The van der Waals surface area contributed by atoms with E-state index in [-0.39, 0.29) is 17.6 Å². The predicted molar refractivity (Wildman–Crippen MR) is 107 cm³/mol. The number of carbonyl (C=O) groups excluding carboxylic acids is 2. The average molecular weight is 373 g/mol. The summed E-state index contributed by atoms with van der Waals surface area (Å²) in [5, 5.41) is 6.83. The number of aromatic amines is 1. The summed E-state index contributed by atoms with van der Waals surface area (Å²) in [6.45, 7) is 0.539. The molecule has 3 N–H and O–H groups in total. The molecule has 6 heteroatoms. The lowest BCUT2D eigenvalue weighted by molar-refractivity contribution is 0.0953. The highest BCUT2D eigenvalue weighted by Gasteiger charge is 2.10. The van der Waals surface area contributed by atoms with Gasteiger partial charge in [0.1, 0.15) is 0 Å². The maximum atomic E-state index is 12.3. The highest BCUT2D eigenvalue weighted by atomic mass is 16.3. The number of aromatic nitrogens is 1. The second-order valence-electron chi connectivity index (χ2n) is 6.37. The quantitative estimate of drug-likeness (QED) is 0.478. The molecule has 0 spiro atoms. The van der Waals surface area contributed by atoms with Gasteiger partial charge in [-0.1, -0.05) is 18.2 Å². The van der Waals surface area contributed by atoms with Crippen molar-refractivity contribution in [3.63, 3.8) is 0 Å². The van der Waals surface area contributed by atoms with Gasteiger partial charge in [0, 0.05) is 34.9 Å². The van der Waals surface area contributed by atoms with Gasteiger partial charge in [-0.3, -0.25) is 9.59 Å². The Bertz CT molecular complexity index is 1100. The molecule has 0 saturated carbocycles. The molecule has 140 valence electrons. The number of benzene rings is 2. The van der Waals surface area contributed by atoms with Crippen molar-refractivity contribution in [2.24, 2.45) is 0 Å². The smallest absolute Gasteiger partial charge is 0.291 e.